The Morgan fingerprint density at radius 2 is 2.21 bits per heavy atom. The largest absolute Gasteiger partial charge is 0.472 e. The number of furan rings is 1. The Balaban J connectivity index is 1.68. The molecule has 0 amide bonds. The van der Waals surface area contributed by atoms with Crippen molar-refractivity contribution in [1.29, 1.82) is 0 Å². The van der Waals surface area contributed by atoms with E-state index >= 15 is 0 Å². The van der Waals surface area contributed by atoms with Crippen LogP contribution in [0.3, 0.4) is 0 Å². The summed E-state index contributed by atoms with van der Waals surface area (Å²) < 4.78 is 10.1. The van der Waals surface area contributed by atoms with Crippen molar-refractivity contribution in [2.24, 2.45) is 0 Å². The minimum atomic E-state index is 0.436. The zero-order chi connectivity index (χ0) is 13.1. The lowest BCUT2D eigenvalue weighted by Gasteiger charge is -2.02. The molecule has 0 aliphatic rings. The molecule has 5 nitrogen and oxygen atoms in total. The standard InChI is InChI=1S/C13H10ClN3O2/c14-10-2-1-3-11(6-10)15-7-12-16-13(17-19-12)9-4-5-18-8-9/h1-6,8,15H,7H2. The van der Waals surface area contributed by atoms with Gasteiger partial charge in [0.15, 0.2) is 0 Å². The molecule has 19 heavy (non-hydrogen) atoms. The van der Waals surface area contributed by atoms with E-state index in [9.17, 15) is 0 Å². The predicted octanol–water partition coefficient (Wildman–Crippen LogP) is 3.60. The Morgan fingerprint density at radius 3 is 3.00 bits per heavy atom. The van der Waals surface area contributed by atoms with E-state index in [1.165, 1.54) is 0 Å². The van der Waals surface area contributed by atoms with E-state index < -0.39 is 0 Å². The number of hydrogen-bond donors (Lipinski definition) is 1. The summed E-state index contributed by atoms with van der Waals surface area (Å²) in [4.78, 5) is 4.26. The Bertz CT molecular complexity index is 664. The second-order valence-electron chi connectivity index (χ2n) is 3.89. The van der Waals surface area contributed by atoms with Crippen LogP contribution in [0.5, 0.6) is 0 Å². The fourth-order valence-electron chi connectivity index (χ4n) is 1.61. The maximum Gasteiger partial charge on any atom is 0.246 e. The topological polar surface area (TPSA) is 64.1 Å². The van der Waals surface area contributed by atoms with Gasteiger partial charge in [-0.2, -0.15) is 4.98 Å². The molecule has 0 saturated heterocycles. The zero-order valence-electron chi connectivity index (χ0n) is 9.84. The molecule has 96 valence electrons. The first-order valence-electron chi connectivity index (χ1n) is 5.66. The molecule has 2 aromatic heterocycles. The summed E-state index contributed by atoms with van der Waals surface area (Å²) in [6, 6.07) is 9.21. The first-order valence-corrected chi connectivity index (χ1v) is 6.04. The molecule has 0 atom stereocenters. The number of anilines is 1. The molecule has 0 aliphatic heterocycles. The number of benzene rings is 1. The van der Waals surface area contributed by atoms with Gasteiger partial charge in [-0.3, -0.25) is 0 Å². The summed E-state index contributed by atoms with van der Waals surface area (Å²) in [6.45, 7) is 0.436. The molecule has 6 heteroatoms. The van der Waals surface area contributed by atoms with E-state index in [4.69, 9.17) is 20.5 Å². The van der Waals surface area contributed by atoms with Gasteiger partial charge in [0.25, 0.3) is 0 Å². The Hall–Kier alpha value is -2.27. The molecule has 0 spiro atoms. The van der Waals surface area contributed by atoms with Crippen molar-refractivity contribution in [2.75, 3.05) is 5.32 Å². The number of aromatic nitrogens is 2. The molecule has 0 bridgehead atoms. The Kier molecular flexibility index (Phi) is 3.20. The summed E-state index contributed by atoms with van der Waals surface area (Å²) in [7, 11) is 0. The first kappa shape index (κ1) is 11.8. The Labute approximate surface area is 114 Å². The molecule has 2 heterocycles. The second kappa shape index (κ2) is 5.16. The van der Waals surface area contributed by atoms with Crippen LogP contribution < -0.4 is 5.32 Å². The smallest absolute Gasteiger partial charge is 0.246 e. The van der Waals surface area contributed by atoms with Crippen LogP contribution in [-0.4, -0.2) is 10.1 Å². The van der Waals surface area contributed by atoms with Gasteiger partial charge in [-0.1, -0.05) is 22.8 Å². The minimum absolute atomic E-state index is 0.436. The van der Waals surface area contributed by atoms with E-state index in [1.807, 2.05) is 24.3 Å². The molecular formula is C13H10ClN3O2. The van der Waals surface area contributed by atoms with Crippen LogP contribution in [0.4, 0.5) is 5.69 Å². The SMILES string of the molecule is Clc1cccc(NCc2nc(-c3ccoc3)no2)c1. The highest BCUT2D eigenvalue weighted by Crippen LogP contribution is 2.18. The summed E-state index contributed by atoms with van der Waals surface area (Å²) in [5, 5.41) is 7.71. The van der Waals surface area contributed by atoms with Gasteiger partial charge >= 0.3 is 0 Å². The van der Waals surface area contributed by atoms with Gasteiger partial charge in [0.1, 0.15) is 6.26 Å². The third kappa shape index (κ3) is 2.77. The van der Waals surface area contributed by atoms with Crippen LogP contribution >= 0.6 is 11.6 Å². The lowest BCUT2D eigenvalue weighted by molar-refractivity contribution is 0.384. The van der Waals surface area contributed by atoms with E-state index in [-0.39, 0.29) is 0 Å². The van der Waals surface area contributed by atoms with E-state index in [2.05, 4.69) is 15.5 Å². The van der Waals surface area contributed by atoms with Crippen molar-refractivity contribution in [2.45, 2.75) is 6.54 Å². The molecule has 0 radical (unpaired) electrons. The Morgan fingerprint density at radius 1 is 1.26 bits per heavy atom. The fourth-order valence-corrected chi connectivity index (χ4v) is 1.80. The highest BCUT2D eigenvalue weighted by Gasteiger charge is 2.09. The summed E-state index contributed by atoms with van der Waals surface area (Å²) in [5.41, 5.74) is 1.69. The van der Waals surface area contributed by atoms with Gasteiger partial charge < -0.3 is 14.3 Å². The lowest BCUT2D eigenvalue weighted by atomic mass is 10.3. The van der Waals surface area contributed by atoms with Gasteiger partial charge in [0.05, 0.1) is 18.4 Å². The van der Waals surface area contributed by atoms with Crippen LogP contribution in [-0.2, 0) is 6.54 Å². The molecule has 3 aromatic rings. The van der Waals surface area contributed by atoms with Gasteiger partial charge in [-0.05, 0) is 24.3 Å². The molecule has 3 rings (SSSR count). The third-order valence-corrected chi connectivity index (χ3v) is 2.75. The summed E-state index contributed by atoms with van der Waals surface area (Å²) in [6.07, 6.45) is 3.13. The van der Waals surface area contributed by atoms with Crippen molar-refractivity contribution in [3.8, 4) is 11.4 Å². The summed E-state index contributed by atoms with van der Waals surface area (Å²) >= 11 is 5.90. The van der Waals surface area contributed by atoms with E-state index in [0.29, 0.717) is 23.3 Å². The van der Waals surface area contributed by atoms with Crippen LogP contribution in [0, 0.1) is 0 Å². The van der Waals surface area contributed by atoms with Crippen LogP contribution in [0.15, 0.2) is 51.8 Å². The van der Waals surface area contributed by atoms with Crippen molar-refractivity contribution in [3.05, 3.63) is 53.8 Å². The number of nitrogens with zero attached hydrogens (tertiary/aromatic N) is 2. The van der Waals surface area contributed by atoms with Crippen molar-refractivity contribution < 1.29 is 8.94 Å². The third-order valence-electron chi connectivity index (χ3n) is 2.52. The number of rotatable bonds is 4. The maximum absolute atomic E-state index is 5.90. The molecular weight excluding hydrogens is 266 g/mol. The van der Waals surface area contributed by atoms with Crippen molar-refractivity contribution >= 4 is 17.3 Å². The highest BCUT2D eigenvalue weighted by molar-refractivity contribution is 6.30. The molecule has 0 aliphatic carbocycles. The predicted molar refractivity (Wildman–Crippen MR) is 70.8 cm³/mol. The van der Waals surface area contributed by atoms with E-state index in [1.54, 1.807) is 18.6 Å². The number of halogens is 1. The first-order chi connectivity index (χ1) is 9.31. The molecule has 0 fully saturated rings. The van der Waals surface area contributed by atoms with Gasteiger partial charge in [0, 0.05) is 10.7 Å². The molecule has 0 unspecified atom stereocenters. The van der Waals surface area contributed by atoms with Crippen LogP contribution in [0.2, 0.25) is 5.02 Å². The summed E-state index contributed by atoms with van der Waals surface area (Å²) in [5.74, 6) is 1.01. The van der Waals surface area contributed by atoms with Gasteiger partial charge in [-0.15, -0.1) is 0 Å². The van der Waals surface area contributed by atoms with Crippen molar-refractivity contribution in [3.63, 3.8) is 0 Å². The second-order valence-corrected chi connectivity index (χ2v) is 4.32. The number of nitrogens with one attached hydrogen (secondary N) is 1. The normalized spacial score (nSPS) is 10.6. The van der Waals surface area contributed by atoms with Crippen molar-refractivity contribution in [1.82, 2.24) is 10.1 Å². The number of hydrogen-bond acceptors (Lipinski definition) is 5. The van der Waals surface area contributed by atoms with Gasteiger partial charge in [0.2, 0.25) is 11.7 Å². The lowest BCUT2D eigenvalue weighted by Crippen LogP contribution is -1.99. The van der Waals surface area contributed by atoms with Gasteiger partial charge in [-0.25, -0.2) is 0 Å². The quantitative estimate of drug-likeness (QED) is 0.788. The zero-order valence-corrected chi connectivity index (χ0v) is 10.6. The van der Waals surface area contributed by atoms with E-state index in [0.717, 1.165) is 11.3 Å². The minimum Gasteiger partial charge on any atom is -0.472 e. The average molecular weight is 276 g/mol. The molecule has 1 aromatic carbocycles. The maximum atomic E-state index is 5.90. The fraction of sp³-hybridized carbons (Fsp3) is 0.0769. The highest BCUT2D eigenvalue weighted by atomic mass is 35.5. The van der Waals surface area contributed by atoms with Crippen LogP contribution in [0.25, 0.3) is 11.4 Å². The average Bonchev–Trinajstić information content (AvgIpc) is 3.07. The van der Waals surface area contributed by atoms with Crippen LogP contribution in [0.1, 0.15) is 5.89 Å². The molecule has 0 saturated carbocycles. The monoisotopic (exact) mass is 275 g/mol. The molecule has 1 N–H and O–H groups in total.